The predicted molar refractivity (Wildman–Crippen MR) is 76.1 cm³/mol. The molecule has 2 atom stereocenters. The average Bonchev–Trinajstić information content (AvgIpc) is 2.38. The highest BCUT2D eigenvalue weighted by molar-refractivity contribution is 5.94. The van der Waals surface area contributed by atoms with Gasteiger partial charge in [0, 0.05) is 12.2 Å². The third-order valence-electron chi connectivity index (χ3n) is 3.64. The maximum Gasteiger partial charge on any atom is 0.241 e. The zero-order valence-electron chi connectivity index (χ0n) is 11.6. The van der Waals surface area contributed by atoms with E-state index in [9.17, 15) is 9.90 Å². The zero-order valence-corrected chi connectivity index (χ0v) is 11.6. The molecule has 1 amide bonds. The number of aliphatic hydroxyl groups excluding tert-OH is 1. The lowest BCUT2D eigenvalue weighted by Gasteiger charge is -2.33. The van der Waals surface area contributed by atoms with E-state index in [-0.39, 0.29) is 18.1 Å². The maximum atomic E-state index is 12.2. The molecule has 0 spiro atoms. The van der Waals surface area contributed by atoms with E-state index in [4.69, 9.17) is 0 Å². The van der Waals surface area contributed by atoms with Crippen LogP contribution in [0.15, 0.2) is 24.3 Å². The molecule has 19 heavy (non-hydrogen) atoms. The molecule has 1 aromatic carbocycles. The van der Waals surface area contributed by atoms with E-state index in [0.29, 0.717) is 6.54 Å². The first-order valence-electron chi connectivity index (χ1n) is 6.86. The number of hydrogen-bond acceptors (Lipinski definition) is 3. The molecule has 1 aliphatic heterocycles. The minimum atomic E-state index is -0.303. The molecule has 2 N–H and O–H groups in total. The van der Waals surface area contributed by atoms with Gasteiger partial charge < -0.3 is 10.4 Å². The van der Waals surface area contributed by atoms with Crippen LogP contribution in [0.2, 0.25) is 0 Å². The highest BCUT2D eigenvalue weighted by Gasteiger charge is 2.26. The van der Waals surface area contributed by atoms with Crippen molar-refractivity contribution in [1.82, 2.24) is 4.90 Å². The van der Waals surface area contributed by atoms with Crippen molar-refractivity contribution in [3.8, 4) is 0 Å². The molecule has 104 valence electrons. The number of carbonyl (C=O) groups excluding carboxylic acids is 1. The van der Waals surface area contributed by atoms with Crippen molar-refractivity contribution in [3.63, 3.8) is 0 Å². The molecule has 1 fully saturated rings. The van der Waals surface area contributed by atoms with Crippen LogP contribution < -0.4 is 5.32 Å². The Morgan fingerprint density at radius 1 is 1.53 bits per heavy atom. The first-order chi connectivity index (χ1) is 9.06. The van der Waals surface area contributed by atoms with Gasteiger partial charge in [0.15, 0.2) is 0 Å². The fourth-order valence-corrected chi connectivity index (χ4v) is 2.47. The van der Waals surface area contributed by atoms with Gasteiger partial charge in [-0.05, 0) is 50.9 Å². The molecule has 1 aliphatic rings. The van der Waals surface area contributed by atoms with Crippen LogP contribution in [-0.2, 0) is 4.79 Å². The van der Waals surface area contributed by atoms with Crippen LogP contribution >= 0.6 is 0 Å². The monoisotopic (exact) mass is 262 g/mol. The molecule has 4 heteroatoms. The number of nitrogens with one attached hydrogen (secondary N) is 1. The lowest BCUT2D eigenvalue weighted by Crippen LogP contribution is -2.48. The Hall–Kier alpha value is -1.39. The van der Waals surface area contributed by atoms with Gasteiger partial charge >= 0.3 is 0 Å². The van der Waals surface area contributed by atoms with E-state index in [1.165, 1.54) is 0 Å². The van der Waals surface area contributed by atoms with Gasteiger partial charge in [-0.2, -0.15) is 0 Å². The van der Waals surface area contributed by atoms with Crippen LogP contribution in [0, 0.1) is 6.92 Å². The fourth-order valence-electron chi connectivity index (χ4n) is 2.47. The zero-order chi connectivity index (χ0) is 13.8. The number of piperidine rings is 1. The van der Waals surface area contributed by atoms with E-state index >= 15 is 0 Å². The number of nitrogens with zero attached hydrogens (tertiary/aromatic N) is 1. The number of hydrogen-bond donors (Lipinski definition) is 2. The Bertz CT molecular complexity index is 448. The third-order valence-corrected chi connectivity index (χ3v) is 3.64. The summed E-state index contributed by atoms with van der Waals surface area (Å²) in [5.74, 6) is -0.0142. The van der Waals surface area contributed by atoms with Crippen LogP contribution in [0.4, 0.5) is 5.69 Å². The number of anilines is 1. The summed E-state index contributed by atoms with van der Waals surface area (Å²) in [6, 6.07) is 7.56. The lowest BCUT2D eigenvalue weighted by atomic mass is 10.1. The Morgan fingerprint density at radius 2 is 2.32 bits per heavy atom. The fraction of sp³-hybridized carbons (Fsp3) is 0.533. The Labute approximate surface area is 114 Å². The molecule has 4 nitrogen and oxygen atoms in total. The van der Waals surface area contributed by atoms with Crippen LogP contribution in [-0.4, -0.2) is 41.1 Å². The quantitative estimate of drug-likeness (QED) is 0.873. The smallest absolute Gasteiger partial charge is 0.241 e. The van der Waals surface area contributed by atoms with Crippen LogP contribution in [0.25, 0.3) is 0 Å². The maximum absolute atomic E-state index is 12.2. The number of rotatable bonds is 3. The highest BCUT2D eigenvalue weighted by atomic mass is 16.3. The Balaban J connectivity index is 1.95. The second-order valence-corrected chi connectivity index (χ2v) is 5.33. The standard InChI is InChI=1S/C15H22N2O2/c1-11-5-3-6-13(9-11)16-15(19)12(2)17-8-4-7-14(18)10-17/h3,5-6,9,12,14,18H,4,7-8,10H2,1-2H3,(H,16,19). The largest absolute Gasteiger partial charge is 0.392 e. The lowest BCUT2D eigenvalue weighted by molar-refractivity contribution is -0.121. The number of aryl methyl sites for hydroxylation is 1. The van der Waals surface area contributed by atoms with Gasteiger partial charge in [-0.15, -0.1) is 0 Å². The average molecular weight is 262 g/mol. The number of amides is 1. The van der Waals surface area contributed by atoms with Crippen LogP contribution in [0.3, 0.4) is 0 Å². The summed E-state index contributed by atoms with van der Waals surface area (Å²) in [7, 11) is 0. The van der Waals surface area contributed by atoms with Crippen molar-refractivity contribution in [2.75, 3.05) is 18.4 Å². The second-order valence-electron chi connectivity index (χ2n) is 5.33. The van der Waals surface area contributed by atoms with E-state index < -0.39 is 0 Å². The van der Waals surface area contributed by atoms with E-state index in [0.717, 1.165) is 30.6 Å². The minimum absolute atomic E-state index is 0.0142. The molecule has 0 saturated carbocycles. The summed E-state index contributed by atoms with van der Waals surface area (Å²) in [6.07, 6.45) is 1.48. The molecular formula is C15H22N2O2. The van der Waals surface area contributed by atoms with Crippen LogP contribution in [0.5, 0.6) is 0 Å². The first kappa shape index (κ1) is 14.0. The van der Waals surface area contributed by atoms with Crippen molar-refractivity contribution in [1.29, 1.82) is 0 Å². The van der Waals surface area contributed by atoms with Gasteiger partial charge in [-0.1, -0.05) is 12.1 Å². The third kappa shape index (κ3) is 3.78. The van der Waals surface area contributed by atoms with Crippen molar-refractivity contribution < 1.29 is 9.90 Å². The summed E-state index contributed by atoms with van der Waals surface area (Å²) >= 11 is 0. The number of likely N-dealkylation sites (tertiary alicyclic amines) is 1. The van der Waals surface area contributed by atoms with Gasteiger partial charge in [-0.25, -0.2) is 0 Å². The molecule has 1 aromatic rings. The highest BCUT2D eigenvalue weighted by Crippen LogP contribution is 2.15. The predicted octanol–water partition coefficient (Wildman–Crippen LogP) is 1.78. The summed E-state index contributed by atoms with van der Waals surface area (Å²) < 4.78 is 0. The molecule has 1 heterocycles. The van der Waals surface area contributed by atoms with Gasteiger partial charge in [0.25, 0.3) is 0 Å². The normalized spacial score (nSPS) is 21.9. The molecule has 0 aromatic heterocycles. The second kappa shape index (κ2) is 6.17. The topological polar surface area (TPSA) is 52.6 Å². The number of β-amino-alcohol motifs (C(OH)–C–C–N with tert-alkyl or cyclic N) is 1. The van der Waals surface area contributed by atoms with Crippen LogP contribution in [0.1, 0.15) is 25.3 Å². The van der Waals surface area contributed by atoms with Gasteiger partial charge in [-0.3, -0.25) is 9.69 Å². The molecule has 2 rings (SSSR count). The summed E-state index contributed by atoms with van der Waals surface area (Å²) in [6.45, 7) is 5.35. The van der Waals surface area contributed by atoms with Gasteiger partial charge in [0.05, 0.1) is 12.1 Å². The van der Waals surface area contributed by atoms with Crippen molar-refractivity contribution in [2.24, 2.45) is 0 Å². The van der Waals surface area contributed by atoms with E-state index in [2.05, 4.69) is 5.32 Å². The Morgan fingerprint density at radius 3 is 3.00 bits per heavy atom. The molecule has 2 unspecified atom stereocenters. The summed E-state index contributed by atoms with van der Waals surface area (Å²) in [5.41, 5.74) is 1.95. The molecular weight excluding hydrogens is 240 g/mol. The Kier molecular flexibility index (Phi) is 4.56. The molecule has 1 saturated heterocycles. The SMILES string of the molecule is Cc1cccc(NC(=O)C(C)N2CCCC(O)C2)c1. The molecule has 0 radical (unpaired) electrons. The number of aliphatic hydroxyl groups is 1. The minimum Gasteiger partial charge on any atom is -0.392 e. The molecule has 0 bridgehead atoms. The summed E-state index contributed by atoms with van der Waals surface area (Å²) in [4.78, 5) is 14.2. The number of carbonyl (C=O) groups is 1. The van der Waals surface area contributed by atoms with Crippen molar-refractivity contribution in [2.45, 2.75) is 38.8 Å². The van der Waals surface area contributed by atoms with E-state index in [1.54, 1.807) is 0 Å². The van der Waals surface area contributed by atoms with E-state index in [1.807, 2.05) is 43.0 Å². The number of benzene rings is 1. The van der Waals surface area contributed by atoms with Gasteiger partial charge in [0.1, 0.15) is 0 Å². The summed E-state index contributed by atoms with van der Waals surface area (Å²) in [5, 5.41) is 12.6. The van der Waals surface area contributed by atoms with Crippen molar-refractivity contribution >= 4 is 11.6 Å². The van der Waals surface area contributed by atoms with Crippen molar-refractivity contribution in [3.05, 3.63) is 29.8 Å². The first-order valence-corrected chi connectivity index (χ1v) is 6.86. The van der Waals surface area contributed by atoms with Gasteiger partial charge in [0.2, 0.25) is 5.91 Å². The molecule has 0 aliphatic carbocycles.